The smallest absolute Gasteiger partial charge is 0.140 e. The number of halogens is 2. The lowest BCUT2D eigenvalue weighted by Crippen LogP contribution is -2.24. The van der Waals surface area contributed by atoms with E-state index in [0.717, 1.165) is 16.7 Å². The quantitative estimate of drug-likeness (QED) is 0.832. The number of pyridine rings is 1. The molecule has 0 amide bonds. The van der Waals surface area contributed by atoms with Gasteiger partial charge >= 0.3 is 0 Å². The van der Waals surface area contributed by atoms with Gasteiger partial charge in [-0.2, -0.15) is 0 Å². The lowest BCUT2D eigenvalue weighted by Gasteiger charge is -2.19. The second-order valence-corrected chi connectivity index (χ2v) is 5.12. The fourth-order valence-electron chi connectivity index (χ4n) is 1.41. The zero-order valence-electron chi connectivity index (χ0n) is 9.00. The molecule has 1 heterocycles. The van der Waals surface area contributed by atoms with Crippen molar-refractivity contribution in [1.29, 1.82) is 0 Å². The van der Waals surface area contributed by atoms with Crippen LogP contribution in [-0.4, -0.2) is 16.9 Å². The monoisotopic (exact) mass is 290 g/mol. The van der Waals surface area contributed by atoms with E-state index in [0.29, 0.717) is 11.8 Å². The predicted octanol–water partition coefficient (Wildman–Crippen LogP) is 3.91. The van der Waals surface area contributed by atoms with Gasteiger partial charge in [-0.1, -0.05) is 13.8 Å². The number of rotatable bonds is 5. The third-order valence-corrected chi connectivity index (χ3v) is 3.05. The molecule has 1 aromatic heterocycles. The van der Waals surface area contributed by atoms with E-state index in [-0.39, 0.29) is 6.04 Å². The summed E-state index contributed by atoms with van der Waals surface area (Å²) in [5.74, 6) is 2.09. The van der Waals surface area contributed by atoms with Crippen LogP contribution in [0, 0.1) is 5.92 Å². The SMILES string of the molecule is CC(C)CC(CCl)Nc1ncccc1Br. The zero-order chi connectivity index (χ0) is 11.3. The van der Waals surface area contributed by atoms with Crippen LogP contribution in [0.4, 0.5) is 5.82 Å². The highest BCUT2D eigenvalue weighted by Crippen LogP contribution is 2.21. The highest BCUT2D eigenvalue weighted by Gasteiger charge is 2.11. The van der Waals surface area contributed by atoms with E-state index in [1.165, 1.54) is 0 Å². The van der Waals surface area contributed by atoms with Crippen LogP contribution in [-0.2, 0) is 0 Å². The number of aromatic nitrogens is 1. The standard InChI is InChI=1S/C11H16BrClN2/c1-8(2)6-9(7-13)15-11-10(12)4-3-5-14-11/h3-5,8-9H,6-7H2,1-2H3,(H,14,15). The van der Waals surface area contributed by atoms with E-state index < -0.39 is 0 Å². The molecule has 0 aromatic carbocycles. The van der Waals surface area contributed by atoms with Gasteiger partial charge in [0.05, 0.1) is 4.47 Å². The molecule has 0 fully saturated rings. The average molecular weight is 292 g/mol. The van der Waals surface area contributed by atoms with E-state index in [1.54, 1.807) is 6.20 Å². The number of hydrogen-bond donors (Lipinski definition) is 1. The van der Waals surface area contributed by atoms with E-state index in [9.17, 15) is 0 Å². The van der Waals surface area contributed by atoms with Gasteiger partial charge in [-0.3, -0.25) is 0 Å². The van der Waals surface area contributed by atoms with Gasteiger partial charge in [0.1, 0.15) is 5.82 Å². The lowest BCUT2D eigenvalue weighted by molar-refractivity contribution is 0.541. The molecule has 84 valence electrons. The highest BCUT2D eigenvalue weighted by atomic mass is 79.9. The molecule has 0 aliphatic carbocycles. The molecule has 0 spiro atoms. The van der Waals surface area contributed by atoms with Crippen LogP contribution < -0.4 is 5.32 Å². The molecule has 0 saturated heterocycles. The number of nitrogens with zero attached hydrogens (tertiary/aromatic N) is 1. The molecule has 1 unspecified atom stereocenters. The van der Waals surface area contributed by atoms with Gasteiger partial charge in [0, 0.05) is 18.1 Å². The molecule has 0 aliphatic rings. The Bertz CT molecular complexity index is 304. The third kappa shape index (κ3) is 4.39. The summed E-state index contributed by atoms with van der Waals surface area (Å²) in [6, 6.07) is 4.14. The molecule has 1 atom stereocenters. The van der Waals surface area contributed by atoms with Gasteiger partial charge in [0.2, 0.25) is 0 Å². The maximum Gasteiger partial charge on any atom is 0.140 e. The van der Waals surface area contributed by atoms with E-state index in [1.807, 2.05) is 12.1 Å². The summed E-state index contributed by atoms with van der Waals surface area (Å²) in [7, 11) is 0. The van der Waals surface area contributed by atoms with Crippen LogP contribution in [0.1, 0.15) is 20.3 Å². The third-order valence-electron chi connectivity index (χ3n) is 2.04. The maximum atomic E-state index is 5.91. The van der Waals surface area contributed by atoms with Crippen LogP contribution >= 0.6 is 27.5 Å². The molecule has 0 aliphatic heterocycles. The maximum absolute atomic E-state index is 5.91. The van der Waals surface area contributed by atoms with Crippen molar-refractivity contribution in [2.45, 2.75) is 26.3 Å². The minimum atomic E-state index is 0.276. The minimum Gasteiger partial charge on any atom is -0.365 e. The van der Waals surface area contributed by atoms with Crippen molar-refractivity contribution in [2.75, 3.05) is 11.2 Å². The van der Waals surface area contributed by atoms with Crippen molar-refractivity contribution in [3.8, 4) is 0 Å². The summed E-state index contributed by atoms with van der Waals surface area (Å²) < 4.78 is 0.976. The van der Waals surface area contributed by atoms with Crippen LogP contribution in [0.25, 0.3) is 0 Å². The van der Waals surface area contributed by atoms with Gasteiger partial charge in [0.25, 0.3) is 0 Å². The van der Waals surface area contributed by atoms with Crippen molar-refractivity contribution in [3.63, 3.8) is 0 Å². The number of alkyl halides is 1. The van der Waals surface area contributed by atoms with Crippen molar-refractivity contribution in [3.05, 3.63) is 22.8 Å². The Balaban J connectivity index is 2.62. The summed E-state index contributed by atoms with van der Waals surface area (Å²) in [4.78, 5) is 4.26. The van der Waals surface area contributed by atoms with Crippen molar-refractivity contribution < 1.29 is 0 Å². The summed E-state index contributed by atoms with van der Waals surface area (Å²) in [5, 5.41) is 3.34. The molecule has 2 nitrogen and oxygen atoms in total. The predicted molar refractivity (Wildman–Crippen MR) is 69.5 cm³/mol. The first-order chi connectivity index (χ1) is 7.13. The summed E-state index contributed by atoms with van der Waals surface area (Å²) in [5.41, 5.74) is 0. The number of nitrogens with one attached hydrogen (secondary N) is 1. The van der Waals surface area contributed by atoms with Crippen molar-refractivity contribution >= 4 is 33.3 Å². The van der Waals surface area contributed by atoms with E-state index >= 15 is 0 Å². The van der Waals surface area contributed by atoms with Crippen molar-refractivity contribution in [2.24, 2.45) is 5.92 Å². The first-order valence-electron chi connectivity index (χ1n) is 5.06. The Morgan fingerprint density at radius 2 is 2.27 bits per heavy atom. The molecule has 1 rings (SSSR count). The Kier molecular flexibility index (Phi) is 5.40. The Morgan fingerprint density at radius 3 is 2.80 bits per heavy atom. The molecule has 1 N–H and O–H groups in total. The second kappa shape index (κ2) is 6.33. The molecular weight excluding hydrogens is 275 g/mol. The first-order valence-corrected chi connectivity index (χ1v) is 6.39. The summed E-state index contributed by atoms with van der Waals surface area (Å²) in [6.45, 7) is 4.38. The molecule has 15 heavy (non-hydrogen) atoms. The number of anilines is 1. The molecular formula is C11H16BrClN2. The Hall–Kier alpha value is -0.280. The second-order valence-electron chi connectivity index (χ2n) is 3.96. The van der Waals surface area contributed by atoms with Crippen LogP contribution in [0.2, 0.25) is 0 Å². The fourth-order valence-corrected chi connectivity index (χ4v) is 1.99. The summed E-state index contributed by atoms with van der Waals surface area (Å²) in [6.07, 6.45) is 2.82. The Labute approximate surface area is 105 Å². The van der Waals surface area contributed by atoms with Gasteiger partial charge in [0.15, 0.2) is 0 Å². The van der Waals surface area contributed by atoms with Gasteiger partial charge in [-0.05, 0) is 40.4 Å². The van der Waals surface area contributed by atoms with Crippen LogP contribution in [0.15, 0.2) is 22.8 Å². The van der Waals surface area contributed by atoms with E-state index in [2.05, 4.69) is 40.1 Å². The molecule has 1 aromatic rings. The fraction of sp³-hybridized carbons (Fsp3) is 0.545. The topological polar surface area (TPSA) is 24.9 Å². The van der Waals surface area contributed by atoms with Gasteiger partial charge in [-0.15, -0.1) is 11.6 Å². The van der Waals surface area contributed by atoms with Crippen molar-refractivity contribution in [1.82, 2.24) is 4.98 Å². The van der Waals surface area contributed by atoms with Crippen LogP contribution in [0.5, 0.6) is 0 Å². The van der Waals surface area contributed by atoms with E-state index in [4.69, 9.17) is 11.6 Å². The molecule has 0 bridgehead atoms. The van der Waals surface area contributed by atoms with Crippen LogP contribution in [0.3, 0.4) is 0 Å². The zero-order valence-corrected chi connectivity index (χ0v) is 11.3. The van der Waals surface area contributed by atoms with Gasteiger partial charge in [-0.25, -0.2) is 4.98 Å². The minimum absolute atomic E-state index is 0.276. The normalized spacial score (nSPS) is 12.9. The molecule has 0 radical (unpaired) electrons. The summed E-state index contributed by atoms with van der Waals surface area (Å²) >= 11 is 9.36. The first kappa shape index (κ1) is 12.8. The molecule has 0 saturated carbocycles. The van der Waals surface area contributed by atoms with Gasteiger partial charge < -0.3 is 5.32 Å². The lowest BCUT2D eigenvalue weighted by atomic mass is 10.1. The number of hydrogen-bond acceptors (Lipinski definition) is 2. The molecule has 4 heteroatoms. The highest BCUT2D eigenvalue weighted by molar-refractivity contribution is 9.10. The Morgan fingerprint density at radius 1 is 1.53 bits per heavy atom. The largest absolute Gasteiger partial charge is 0.365 e. The average Bonchev–Trinajstić information content (AvgIpc) is 2.19.